The van der Waals surface area contributed by atoms with E-state index in [9.17, 15) is 8.42 Å². The lowest BCUT2D eigenvalue weighted by Gasteiger charge is -2.15. The summed E-state index contributed by atoms with van der Waals surface area (Å²) in [5, 5.41) is 9.05. The number of ether oxygens (including phenoxy) is 2. The van der Waals surface area contributed by atoms with Crippen LogP contribution in [0.25, 0.3) is 0 Å². The first-order chi connectivity index (χ1) is 9.51. The maximum absolute atomic E-state index is 12.0. The number of aliphatic hydroxyl groups is 1. The lowest BCUT2D eigenvalue weighted by molar-refractivity contribution is -0.0650. The molecule has 4 atom stereocenters. The molecule has 0 aromatic heterocycles. The highest BCUT2D eigenvalue weighted by atomic mass is 32.2. The van der Waals surface area contributed by atoms with Gasteiger partial charge in [-0.05, 0) is 19.1 Å². The van der Waals surface area contributed by atoms with Gasteiger partial charge in [-0.1, -0.05) is 17.7 Å². The monoisotopic (exact) mass is 300 g/mol. The molecule has 0 amide bonds. The minimum Gasteiger partial charge on any atom is -0.394 e. The normalized spacial score (nSPS) is 32.1. The second-order valence-electron chi connectivity index (χ2n) is 5.01. The van der Waals surface area contributed by atoms with Gasteiger partial charge in [0.1, 0.15) is 24.4 Å². The summed E-state index contributed by atoms with van der Waals surface area (Å²) in [6, 6.07) is 6.44. The molecule has 0 saturated carbocycles. The Morgan fingerprint density at radius 3 is 2.40 bits per heavy atom. The molecular weight excluding hydrogens is 284 g/mol. The lowest BCUT2D eigenvalue weighted by Crippen LogP contribution is -2.27. The van der Waals surface area contributed by atoms with Crippen LogP contribution >= 0.6 is 0 Å². The van der Waals surface area contributed by atoms with E-state index in [0.29, 0.717) is 0 Å². The molecule has 0 unspecified atom stereocenters. The Balaban J connectivity index is 1.62. The highest BCUT2D eigenvalue weighted by Crippen LogP contribution is 2.39. The fourth-order valence-corrected chi connectivity index (χ4v) is 3.24. The van der Waals surface area contributed by atoms with Crippen molar-refractivity contribution in [2.75, 3.05) is 13.2 Å². The van der Waals surface area contributed by atoms with Crippen molar-refractivity contribution in [2.24, 2.45) is 0 Å². The standard InChI is InChI=1S/C13H16O6S/c1-8-2-4-9(5-3-8)20(15,16)17-7-11-13-12(19-13)10(6-14)18-11/h2-5,10-14H,6-7H2,1H3/t10-,11+,12-,13+/m1/s1. The van der Waals surface area contributed by atoms with Crippen molar-refractivity contribution in [1.82, 2.24) is 0 Å². The molecule has 0 bridgehead atoms. The van der Waals surface area contributed by atoms with Crippen LogP contribution in [0.5, 0.6) is 0 Å². The SMILES string of the molecule is Cc1ccc(S(=O)(=O)OC[C@@H]2O[C@H](CO)[C@H]3O[C@H]32)cc1. The third-order valence-electron chi connectivity index (χ3n) is 3.52. The summed E-state index contributed by atoms with van der Waals surface area (Å²) in [4.78, 5) is 0.119. The molecule has 110 valence electrons. The summed E-state index contributed by atoms with van der Waals surface area (Å²) in [7, 11) is -3.79. The summed E-state index contributed by atoms with van der Waals surface area (Å²) in [6.45, 7) is 1.64. The van der Waals surface area contributed by atoms with Crippen molar-refractivity contribution in [1.29, 1.82) is 0 Å². The fraction of sp³-hybridized carbons (Fsp3) is 0.538. The number of aryl methyl sites for hydroxylation is 1. The van der Waals surface area contributed by atoms with Gasteiger partial charge in [0.2, 0.25) is 0 Å². The fourth-order valence-electron chi connectivity index (χ4n) is 2.32. The highest BCUT2D eigenvalue weighted by molar-refractivity contribution is 7.86. The lowest BCUT2D eigenvalue weighted by atomic mass is 10.2. The van der Waals surface area contributed by atoms with Crippen LogP contribution in [0.3, 0.4) is 0 Å². The zero-order valence-electron chi connectivity index (χ0n) is 10.9. The molecule has 2 fully saturated rings. The van der Waals surface area contributed by atoms with E-state index in [1.54, 1.807) is 12.1 Å². The van der Waals surface area contributed by atoms with Gasteiger partial charge in [0.15, 0.2) is 0 Å². The Morgan fingerprint density at radius 1 is 1.15 bits per heavy atom. The minimum absolute atomic E-state index is 0.103. The van der Waals surface area contributed by atoms with E-state index >= 15 is 0 Å². The van der Waals surface area contributed by atoms with Crippen molar-refractivity contribution in [3.05, 3.63) is 29.8 Å². The summed E-state index contributed by atoms with van der Waals surface area (Å²) in [6.07, 6.45) is -1.12. The summed E-state index contributed by atoms with van der Waals surface area (Å²) >= 11 is 0. The molecule has 2 aliphatic rings. The van der Waals surface area contributed by atoms with E-state index in [-0.39, 0.29) is 36.4 Å². The molecule has 20 heavy (non-hydrogen) atoms. The van der Waals surface area contributed by atoms with E-state index in [1.165, 1.54) is 12.1 Å². The third-order valence-corrected chi connectivity index (χ3v) is 4.82. The number of epoxide rings is 1. The van der Waals surface area contributed by atoms with Crippen molar-refractivity contribution >= 4 is 10.1 Å². The number of rotatable bonds is 5. The first-order valence-corrected chi connectivity index (χ1v) is 7.80. The van der Waals surface area contributed by atoms with Crippen molar-refractivity contribution < 1.29 is 27.2 Å². The number of hydrogen-bond donors (Lipinski definition) is 1. The van der Waals surface area contributed by atoms with Crippen LogP contribution in [0.4, 0.5) is 0 Å². The molecule has 6 nitrogen and oxygen atoms in total. The van der Waals surface area contributed by atoms with Gasteiger partial charge >= 0.3 is 0 Å². The molecule has 2 aliphatic heterocycles. The minimum atomic E-state index is -3.79. The smallest absolute Gasteiger partial charge is 0.297 e. The molecule has 2 heterocycles. The molecule has 1 aromatic carbocycles. The molecule has 1 N–H and O–H groups in total. The topological polar surface area (TPSA) is 85.4 Å². The summed E-state index contributed by atoms with van der Waals surface area (Å²) in [5.41, 5.74) is 0.975. The second kappa shape index (κ2) is 5.09. The molecule has 0 radical (unpaired) electrons. The molecule has 1 aromatic rings. The predicted octanol–water partition coefficient (Wildman–Crippen LogP) is 0.227. The van der Waals surface area contributed by atoms with Gasteiger partial charge in [0, 0.05) is 0 Å². The number of fused-ring (bicyclic) bond motifs is 1. The Bertz CT molecular complexity index is 581. The molecule has 7 heteroatoms. The van der Waals surface area contributed by atoms with Crippen LogP contribution in [0.1, 0.15) is 5.56 Å². The highest BCUT2D eigenvalue weighted by Gasteiger charge is 2.57. The molecular formula is C13H16O6S. The number of hydrogen-bond acceptors (Lipinski definition) is 6. The largest absolute Gasteiger partial charge is 0.394 e. The average Bonchev–Trinajstić information content (AvgIpc) is 3.14. The van der Waals surface area contributed by atoms with Gasteiger partial charge in [0.25, 0.3) is 10.1 Å². The first-order valence-electron chi connectivity index (χ1n) is 6.39. The zero-order valence-corrected chi connectivity index (χ0v) is 11.7. The van der Waals surface area contributed by atoms with E-state index < -0.39 is 16.2 Å². The maximum Gasteiger partial charge on any atom is 0.297 e. The number of benzene rings is 1. The van der Waals surface area contributed by atoms with Gasteiger partial charge in [-0.2, -0.15) is 8.42 Å². The number of aliphatic hydroxyl groups excluding tert-OH is 1. The van der Waals surface area contributed by atoms with Crippen LogP contribution in [0.15, 0.2) is 29.2 Å². The van der Waals surface area contributed by atoms with Gasteiger partial charge in [-0.15, -0.1) is 0 Å². The van der Waals surface area contributed by atoms with Crippen LogP contribution < -0.4 is 0 Å². The molecule has 3 rings (SSSR count). The summed E-state index contributed by atoms with van der Waals surface area (Å²) in [5.74, 6) is 0. The van der Waals surface area contributed by atoms with Gasteiger partial charge in [0.05, 0.1) is 18.1 Å². The van der Waals surface area contributed by atoms with E-state index in [1.807, 2.05) is 6.92 Å². The van der Waals surface area contributed by atoms with Crippen molar-refractivity contribution in [3.8, 4) is 0 Å². The Labute approximate surface area is 117 Å². The Hall–Kier alpha value is -0.990. The molecule has 0 aliphatic carbocycles. The van der Waals surface area contributed by atoms with Gasteiger partial charge in [-0.25, -0.2) is 0 Å². The van der Waals surface area contributed by atoms with Crippen LogP contribution in [0.2, 0.25) is 0 Å². The summed E-state index contributed by atoms with van der Waals surface area (Å²) < 4.78 is 39.8. The second-order valence-corrected chi connectivity index (χ2v) is 6.63. The van der Waals surface area contributed by atoms with E-state index in [4.69, 9.17) is 18.8 Å². The van der Waals surface area contributed by atoms with Crippen LogP contribution in [-0.4, -0.2) is 51.2 Å². The third kappa shape index (κ3) is 2.59. The Kier molecular flexibility index (Phi) is 3.55. The van der Waals surface area contributed by atoms with Gasteiger partial charge in [-0.3, -0.25) is 4.18 Å². The van der Waals surface area contributed by atoms with Gasteiger partial charge < -0.3 is 14.6 Å². The first kappa shape index (κ1) is 14.0. The van der Waals surface area contributed by atoms with E-state index in [2.05, 4.69) is 0 Å². The maximum atomic E-state index is 12.0. The van der Waals surface area contributed by atoms with Crippen LogP contribution in [0, 0.1) is 6.92 Å². The molecule has 2 saturated heterocycles. The van der Waals surface area contributed by atoms with Crippen molar-refractivity contribution in [2.45, 2.75) is 36.2 Å². The average molecular weight is 300 g/mol. The Morgan fingerprint density at radius 2 is 1.80 bits per heavy atom. The van der Waals surface area contributed by atoms with Crippen LogP contribution in [-0.2, 0) is 23.8 Å². The van der Waals surface area contributed by atoms with Crippen molar-refractivity contribution in [3.63, 3.8) is 0 Å². The predicted molar refractivity (Wildman–Crippen MR) is 68.7 cm³/mol. The molecule has 0 spiro atoms. The quantitative estimate of drug-likeness (QED) is 0.619. The zero-order chi connectivity index (χ0) is 14.3. The van der Waals surface area contributed by atoms with E-state index in [0.717, 1.165) is 5.56 Å².